The SMILES string of the molecule is NCC1(Cc2ccsc2)Cc2ccccc2C1. The second kappa shape index (κ2) is 4.28. The summed E-state index contributed by atoms with van der Waals surface area (Å²) in [4.78, 5) is 0. The molecule has 0 amide bonds. The maximum atomic E-state index is 6.07. The first-order valence-corrected chi connectivity index (χ1v) is 7.04. The Morgan fingerprint density at radius 1 is 1.12 bits per heavy atom. The first-order chi connectivity index (χ1) is 8.31. The number of rotatable bonds is 3. The van der Waals surface area contributed by atoms with Gasteiger partial charge in [0.05, 0.1) is 0 Å². The third kappa shape index (κ3) is 2.03. The zero-order chi connectivity index (χ0) is 11.7. The zero-order valence-corrected chi connectivity index (χ0v) is 10.7. The summed E-state index contributed by atoms with van der Waals surface area (Å²) in [6.07, 6.45) is 3.38. The molecule has 2 heteroatoms. The van der Waals surface area contributed by atoms with E-state index in [9.17, 15) is 0 Å². The molecule has 0 radical (unpaired) electrons. The third-order valence-electron chi connectivity index (χ3n) is 3.84. The van der Waals surface area contributed by atoms with Crippen molar-refractivity contribution in [2.24, 2.45) is 11.1 Å². The van der Waals surface area contributed by atoms with Crippen molar-refractivity contribution in [2.45, 2.75) is 19.3 Å². The fourth-order valence-electron chi connectivity index (χ4n) is 2.94. The smallest absolute Gasteiger partial charge is 0.00109 e. The molecule has 0 bridgehead atoms. The van der Waals surface area contributed by atoms with Crippen LogP contribution in [0.5, 0.6) is 0 Å². The summed E-state index contributed by atoms with van der Waals surface area (Å²) >= 11 is 1.78. The van der Waals surface area contributed by atoms with Gasteiger partial charge in [0.15, 0.2) is 0 Å². The second-order valence-corrected chi connectivity index (χ2v) is 5.91. The van der Waals surface area contributed by atoms with Crippen LogP contribution < -0.4 is 5.73 Å². The summed E-state index contributed by atoms with van der Waals surface area (Å²) in [5.41, 5.74) is 10.7. The molecule has 1 heterocycles. The van der Waals surface area contributed by atoms with Gasteiger partial charge >= 0.3 is 0 Å². The van der Waals surface area contributed by atoms with Crippen LogP contribution in [0.15, 0.2) is 41.1 Å². The van der Waals surface area contributed by atoms with Crippen LogP contribution in [-0.2, 0) is 19.3 Å². The molecule has 1 aromatic heterocycles. The second-order valence-electron chi connectivity index (χ2n) is 5.13. The van der Waals surface area contributed by atoms with Crippen molar-refractivity contribution in [3.63, 3.8) is 0 Å². The Morgan fingerprint density at radius 3 is 2.35 bits per heavy atom. The number of hydrogen-bond donors (Lipinski definition) is 1. The normalized spacial score (nSPS) is 17.0. The highest BCUT2D eigenvalue weighted by molar-refractivity contribution is 7.07. The number of thiophene rings is 1. The molecular formula is C15H17NS. The van der Waals surface area contributed by atoms with Crippen LogP contribution in [0.2, 0.25) is 0 Å². The Balaban J connectivity index is 1.87. The van der Waals surface area contributed by atoms with Gasteiger partial charge in [0, 0.05) is 0 Å². The van der Waals surface area contributed by atoms with Gasteiger partial charge < -0.3 is 5.73 Å². The maximum Gasteiger partial charge on any atom is -0.00109 e. The molecule has 17 heavy (non-hydrogen) atoms. The predicted molar refractivity (Wildman–Crippen MR) is 73.4 cm³/mol. The zero-order valence-electron chi connectivity index (χ0n) is 9.86. The molecule has 0 unspecified atom stereocenters. The highest BCUT2D eigenvalue weighted by atomic mass is 32.1. The van der Waals surface area contributed by atoms with E-state index in [4.69, 9.17) is 5.73 Å². The van der Waals surface area contributed by atoms with E-state index in [0.717, 1.165) is 25.8 Å². The largest absolute Gasteiger partial charge is 0.330 e. The van der Waals surface area contributed by atoms with Gasteiger partial charge in [-0.3, -0.25) is 0 Å². The van der Waals surface area contributed by atoms with E-state index in [2.05, 4.69) is 41.1 Å². The summed E-state index contributed by atoms with van der Waals surface area (Å²) in [7, 11) is 0. The summed E-state index contributed by atoms with van der Waals surface area (Å²) in [5.74, 6) is 0. The van der Waals surface area contributed by atoms with E-state index in [1.54, 1.807) is 11.3 Å². The highest BCUT2D eigenvalue weighted by Gasteiger charge is 2.35. The molecular weight excluding hydrogens is 226 g/mol. The van der Waals surface area contributed by atoms with Gasteiger partial charge in [-0.15, -0.1) is 0 Å². The lowest BCUT2D eigenvalue weighted by atomic mass is 9.79. The van der Waals surface area contributed by atoms with Crippen molar-refractivity contribution in [1.82, 2.24) is 0 Å². The monoisotopic (exact) mass is 243 g/mol. The summed E-state index contributed by atoms with van der Waals surface area (Å²) in [5, 5.41) is 4.40. The van der Waals surface area contributed by atoms with Crippen LogP contribution in [0.3, 0.4) is 0 Å². The lowest BCUT2D eigenvalue weighted by molar-refractivity contribution is 0.315. The fourth-order valence-corrected chi connectivity index (χ4v) is 3.61. The molecule has 1 nitrogen and oxygen atoms in total. The van der Waals surface area contributed by atoms with Crippen molar-refractivity contribution in [2.75, 3.05) is 6.54 Å². The quantitative estimate of drug-likeness (QED) is 0.881. The van der Waals surface area contributed by atoms with Gasteiger partial charge in [-0.2, -0.15) is 11.3 Å². The third-order valence-corrected chi connectivity index (χ3v) is 4.57. The first kappa shape index (κ1) is 11.0. The van der Waals surface area contributed by atoms with Crippen molar-refractivity contribution >= 4 is 11.3 Å². The summed E-state index contributed by atoms with van der Waals surface area (Å²) < 4.78 is 0. The van der Waals surface area contributed by atoms with E-state index < -0.39 is 0 Å². The molecule has 0 fully saturated rings. The van der Waals surface area contributed by atoms with Crippen LogP contribution in [0.4, 0.5) is 0 Å². The van der Waals surface area contributed by atoms with E-state index in [0.29, 0.717) is 0 Å². The molecule has 0 spiro atoms. The van der Waals surface area contributed by atoms with Crippen LogP contribution in [0.1, 0.15) is 16.7 Å². The van der Waals surface area contributed by atoms with Gasteiger partial charge in [0.1, 0.15) is 0 Å². The average Bonchev–Trinajstić information content (AvgIpc) is 2.96. The molecule has 0 aliphatic heterocycles. The molecule has 0 saturated heterocycles. The number of nitrogens with two attached hydrogens (primary N) is 1. The molecule has 1 aromatic carbocycles. The predicted octanol–water partition coefficient (Wildman–Crippen LogP) is 3.03. The lowest BCUT2D eigenvalue weighted by Crippen LogP contribution is -2.33. The highest BCUT2D eigenvalue weighted by Crippen LogP contribution is 2.39. The summed E-state index contributed by atoms with van der Waals surface area (Å²) in [6, 6.07) is 11.0. The fraction of sp³-hybridized carbons (Fsp3) is 0.333. The molecule has 1 aliphatic rings. The van der Waals surface area contributed by atoms with Crippen molar-refractivity contribution in [1.29, 1.82) is 0 Å². The Morgan fingerprint density at radius 2 is 1.82 bits per heavy atom. The van der Waals surface area contributed by atoms with E-state index >= 15 is 0 Å². The number of benzene rings is 1. The van der Waals surface area contributed by atoms with Gasteiger partial charge in [-0.1, -0.05) is 24.3 Å². The van der Waals surface area contributed by atoms with Gasteiger partial charge in [0.2, 0.25) is 0 Å². The molecule has 0 saturated carbocycles. The molecule has 1 aliphatic carbocycles. The molecule has 88 valence electrons. The molecule has 2 N–H and O–H groups in total. The maximum absolute atomic E-state index is 6.07. The van der Waals surface area contributed by atoms with E-state index in [1.807, 2.05) is 0 Å². The van der Waals surface area contributed by atoms with Gasteiger partial charge in [-0.05, 0) is 64.7 Å². The Bertz CT molecular complexity index is 471. The minimum atomic E-state index is 0.255. The van der Waals surface area contributed by atoms with Crippen LogP contribution in [0, 0.1) is 5.41 Å². The summed E-state index contributed by atoms with van der Waals surface area (Å²) in [6.45, 7) is 0.775. The number of fused-ring (bicyclic) bond motifs is 1. The van der Waals surface area contributed by atoms with Crippen LogP contribution in [-0.4, -0.2) is 6.54 Å². The first-order valence-electron chi connectivity index (χ1n) is 6.09. The molecule has 0 atom stereocenters. The van der Waals surface area contributed by atoms with Crippen molar-refractivity contribution in [3.8, 4) is 0 Å². The Labute approximate surface area is 106 Å². The Hall–Kier alpha value is -1.12. The number of hydrogen-bond acceptors (Lipinski definition) is 2. The lowest BCUT2D eigenvalue weighted by Gasteiger charge is -2.26. The van der Waals surface area contributed by atoms with E-state index in [1.165, 1.54) is 16.7 Å². The van der Waals surface area contributed by atoms with Crippen molar-refractivity contribution in [3.05, 3.63) is 57.8 Å². The van der Waals surface area contributed by atoms with Crippen LogP contribution in [0.25, 0.3) is 0 Å². The minimum Gasteiger partial charge on any atom is -0.330 e. The van der Waals surface area contributed by atoms with E-state index in [-0.39, 0.29) is 5.41 Å². The topological polar surface area (TPSA) is 26.0 Å². The van der Waals surface area contributed by atoms with Gasteiger partial charge in [0.25, 0.3) is 0 Å². The van der Waals surface area contributed by atoms with Gasteiger partial charge in [-0.25, -0.2) is 0 Å². The minimum absolute atomic E-state index is 0.255. The van der Waals surface area contributed by atoms with Crippen molar-refractivity contribution < 1.29 is 0 Å². The standard InChI is InChI=1S/C15H17NS/c16-11-15(7-12-5-6-17-10-12)8-13-3-1-2-4-14(13)9-15/h1-6,10H,7-9,11,16H2. The Kier molecular flexibility index (Phi) is 2.77. The van der Waals surface area contributed by atoms with Crippen LogP contribution >= 0.6 is 11.3 Å². The molecule has 2 aromatic rings. The average molecular weight is 243 g/mol. The molecule has 3 rings (SSSR count).